The lowest BCUT2D eigenvalue weighted by Crippen LogP contribution is -2.21. The van der Waals surface area contributed by atoms with Crippen molar-refractivity contribution in [2.24, 2.45) is 5.73 Å². The molecule has 128 valence electrons. The normalized spacial score (nSPS) is 12.7. The zero-order valence-corrected chi connectivity index (χ0v) is 15.3. The lowest BCUT2D eigenvalue weighted by atomic mass is 10.1. The van der Waals surface area contributed by atoms with E-state index in [0.29, 0.717) is 0 Å². The molecular formula is C15H32Cl3N3. The van der Waals surface area contributed by atoms with Crippen LogP contribution >= 0.6 is 37.2 Å². The molecule has 0 bridgehead atoms. The first-order chi connectivity index (χ1) is 8.93. The maximum atomic E-state index is 5.44. The molecule has 0 aromatic heterocycles. The lowest BCUT2D eigenvalue weighted by Gasteiger charge is -2.10. The third-order valence-corrected chi connectivity index (χ3v) is 3.22. The van der Waals surface area contributed by atoms with Crippen LogP contribution in [0.3, 0.4) is 0 Å². The summed E-state index contributed by atoms with van der Waals surface area (Å²) in [6.07, 6.45) is 13.9. The number of unbranched alkanes of at least 4 members (excludes halogenated alkanes) is 2. The van der Waals surface area contributed by atoms with E-state index in [4.69, 9.17) is 5.73 Å². The molecule has 21 heavy (non-hydrogen) atoms. The van der Waals surface area contributed by atoms with E-state index in [9.17, 15) is 0 Å². The summed E-state index contributed by atoms with van der Waals surface area (Å²) in [5.74, 6) is 0. The fraction of sp³-hybridized carbons (Fsp3) is 0.733. The summed E-state index contributed by atoms with van der Waals surface area (Å²) >= 11 is 0. The molecule has 0 aromatic rings. The minimum atomic E-state index is 0. The van der Waals surface area contributed by atoms with Gasteiger partial charge in [0.15, 0.2) is 0 Å². The minimum absolute atomic E-state index is 0. The van der Waals surface area contributed by atoms with Crippen LogP contribution in [0.5, 0.6) is 0 Å². The molecular weight excluding hydrogens is 329 g/mol. The quantitative estimate of drug-likeness (QED) is 0.496. The molecule has 0 aliphatic heterocycles. The van der Waals surface area contributed by atoms with E-state index in [-0.39, 0.29) is 37.2 Å². The summed E-state index contributed by atoms with van der Waals surface area (Å²) in [6.45, 7) is 5.26. The molecule has 0 fully saturated rings. The van der Waals surface area contributed by atoms with Crippen molar-refractivity contribution in [1.29, 1.82) is 0 Å². The van der Waals surface area contributed by atoms with Crippen LogP contribution in [0, 0.1) is 0 Å². The predicted octanol–water partition coefficient (Wildman–Crippen LogP) is 3.23. The zero-order valence-electron chi connectivity index (χ0n) is 12.8. The molecule has 0 aromatic carbocycles. The van der Waals surface area contributed by atoms with Crippen molar-refractivity contribution >= 4 is 37.2 Å². The molecule has 0 radical (unpaired) electrons. The Bertz CT molecular complexity index is 259. The number of nitrogens with two attached hydrogens (primary N) is 1. The van der Waals surface area contributed by atoms with E-state index in [1.807, 2.05) is 0 Å². The van der Waals surface area contributed by atoms with Gasteiger partial charge in [-0.1, -0.05) is 23.8 Å². The Morgan fingerprint density at radius 2 is 1.52 bits per heavy atom. The molecule has 0 heterocycles. The standard InChI is InChI=1S/C15H29N3.3ClH/c16-10-4-5-11-17-12-6-7-13-18-14-15-8-2-1-3-9-15;;;/h1-2,8,17-18H,3-7,9-14,16H2;3*1H. The molecule has 3 nitrogen and oxygen atoms in total. The van der Waals surface area contributed by atoms with Gasteiger partial charge in [-0.3, -0.25) is 0 Å². The van der Waals surface area contributed by atoms with Crippen LogP contribution in [0.1, 0.15) is 38.5 Å². The van der Waals surface area contributed by atoms with Gasteiger partial charge in [0.1, 0.15) is 0 Å². The van der Waals surface area contributed by atoms with Crippen molar-refractivity contribution in [2.45, 2.75) is 38.5 Å². The third-order valence-electron chi connectivity index (χ3n) is 3.22. The average Bonchev–Trinajstić information content (AvgIpc) is 2.42. The van der Waals surface area contributed by atoms with E-state index in [0.717, 1.165) is 39.1 Å². The molecule has 0 unspecified atom stereocenters. The summed E-state index contributed by atoms with van der Waals surface area (Å²) in [7, 11) is 0. The van der Waals surface area contributed by atoms with Crippen LogP contribution in [0.25, 0.3) is 0 Å². The largest absolute Gasteiger partial charge is 0.330 e. The molecule has 1 aliphatic rings. The van der Waals surface area contributed by atoms with Gasteiger partial charge in [0.25, 0.3) is 0 Å². The van der Waals surface area contributed by atoms with Crippen molar-refractivity contribution < 1.29 is 0 Å². The number of halogens is 3. The second kappa shape index (κ2) is 20.2. The molecule has 0 spiro atoms. The number of nitrogens with one attached hydrogen (secondary N) is 2. The van der Waals surface area contributed by atoms with E-state index in [1.54, 1.807) is 0 Å². The first-order valence-corrected chi connectivity index (χ1v) is 7.39. The molecule has 4 N–H and O–H groups in total. The highest BCUT2D eigenvalue weighted by Crippen LogP contribution is 2.09. The smallest absolute Gasteiger partial charge is 0.0167 e. The van der Waals surface area contributed by atoms with E-state index >= 15 is 0 Å². The molecule has 1 rings (SSSR count). The predicted molar refractivity (Wildman–Crippen MR) is 101 cm³/mol. The van der Waals surface area contributed by atoms with Crippen molar-refractivity contribution in [1.82, 2.24) is 10.6 Å². The Morgan fingerprint density at radius 3 is 2.10 bits per heavy atom. The van der Waals surface area contributed by atoms with Gasteiger partial charge in [-0.2, -0.15) is 0 Å². The van der Waals surface area contributed by atoms with Gasteiger partial charge in [0, 0.05) is 6.54 Å². The third kappa shape index (κ3) is 16.4. The van der Waals surface area contributed by atoms with Gasteiger partial charge in [0.2, 0.25) is 0 Å². The first-order valence-electron chi connectivity index (χ1n) is 7.39. The Morgan fingerprint density at radius 1 is 0.905 bits per heavy atom. The molecule has 0 atom stereocenters. The number of allylic oxidation sites excluding steroid dienone is 3. The summed E-state index contributed by atoms with van der Waals surface area (Å²) in [5, 5.41) is 6.98. The second-order valence-electron chi connectivity index (χ2n) is 4.92. The molecule has 0 saturated carbocycles. The van der Waals surface area contributed by atoms with Crippen molar-refractivity contribution in [3.63, 3.8) is 0 Å². The molecule has 0 amide bonds. The lowest BCUT2D eigenvalue weighted by molar-refractivity contribution is 0.574. The monoisotopic (exact) mass is 359 g/mol. The summed E-state index contributed by atoms with van der Waals surface area (Å²) in [6, 6.07) is 0. The van der Waals surface area contributed by atoms with Crippen LogP contribution in [0.2, 0.25) is 0 Å². The SMILES string of the molecule is Cl.Cl.Cl.NCCCCNCCCCNCC1=CC=CCC1. The summed E-state index contributed by atoms with van der Waals surface area (Å²) in [5.41, 5.74) is 6.98. The van der Waals surface area contributed by atoms with Crippen LogP contribution < -0.4 is 16.4 Å². The Kier molecular flexibility index (Phi) is 25.2. The second-order valence-corrected chi connectivity index (χ2v) is 4.92. The first kappa shape index (κ1) is 26.1. The van der Waals surface area contributed by atoms with Gasteiger partial charge >= 0.3 is 0 Å². The van der Waals surface area contributed by atoms with Crippen LogP contribution in [-0.4, -0.2) is 32.7 Å². The van der Waals surface area contributed by atoms with Gasteiger partial charge in [-0.25, -0.2) is 0 Å². The number of hydrogen-bond acceptors (Lipinski definition) is 3. The molecule has 6 heteroatoms. The van der Waals surface area contributed by atoms with E-state index in [1.165, 1.54) is 37.7 Å². The van der Waals surface area contributed by atoms with Gasteiger partial charge < -0.3 is 16.4 Å². The van der Waals surface area contributed by atoms with Crippen LogP contribution in [0.15, 0.2) is 23.8 Å². The highest BCUT2D eigenvalue weighted by atomic mass is 35.5. The fourth-order valence-corrected chi connectivity index (χ4v) is 2.07. The number of hydrogen-bond donors (Lipinski definition) is 3. The topological polar surface area (TPSA) is 50.1 Å². The van der Waals surface area contributed by atoms with Gasteiger partial charge in [-0.05, 0) is 64.7 Å². The van der Waals surface area contributed by atoms with Gasteiger partial charge in [-0.15, -0.1) is 37.2 Å². The highest BCUT2D eigenvalue weighted by molar-refractivity contribution is 5.86. The van der Waals surface area contributed by atoms with Crippen LogP contribution in [-0.2, 0) is 0 Å². The number of rotatable bonds is 11. The summed E-state index contributed by atoms with van der Waals surface area (Å²) < 4.78 is 0. The average molecular weight is 361 g/mol. The Balaban J connectivity index is -0.00000108. The maximum Gasteiger partial charge on any atom is 0.0167 e. The van der Waals surface area contributed by atoms with Gasteiger partial charge in [0.05, 0.1) is 0 Å². The maximum absolute atomic E-state index is 5.44. The fourth-order valence-electron chi connectivity index (χ4n) is 2.07. The molecule has 1 aliphatic carbocycles. The van der Waals surface area contributed by atoms with Crippen molar-refractivity contribution in [2.75, 3.05) is 32.7 Å². The van der Waals surface area contributed by atoms with Crippen molar-refractivity contribution in [3.8, 4) is 0 Å². The van der Waals surface area contributed by atoms with E-state index in [2.05, 4.69) is 28.9 Å². The zero-order chi connectivity index (χ0) is 12.9. The van der Waals surface area contributed by atoms with E-state index < -0.39 is 0 Å². The summed E-state index contributed by atoms with van der Waals surface area (Å²) in [4.78, 5) is 0. The Hall–Kier alpha value is 0.230. The van der Waals surface area contributed by atoms with Crippen molar-refractivity contribution in [3.05, 3.63) is 23.8 Å². The van der Waals surface area contributed by atoms with Crippen LogP contribution in [0.4, 0.5) is 0 Å². The molecule has 0 saturated heterocycles. The highest BCUT2D eigenvalue weighted by Gasteiger charge is 1.98. The Labute approximate surface area is 148 Å². The minimum Gasteiger partial charge on any atom is -0.330 e.